The summed E-state index contributed by atoms with van der Waals surface area (Å²) in [6.45, 7) is 5.01. The molecule has 0 unspecified atom stereocenters. The molecule has 0 saturated carbocycles. The summed E-state index contributed by atoms with van der Waals surface area (Å²) < 4.78 is 11.3. The first-order valence-corrected chi connectivity index (χ1v) is 11.3. The van der Waals surface area contributed by atoms with Gasteiger partial charge in [-0.3, -0.25) is 14.5 Å². The van der Waals surface area contributed by atoms with Gasteiger partial charge in [-0.05, 0) is 43.0 Å². The van der Waals surface area contributed by atoms with Gasteiger partial charge in [0, 0.05) is 16.6 Å². The van der Waals surface area contributed by atoms with Crippen LogP contribution in [-0.2, 0) is 16.1 Å². The van der Waals surface area contributed by atoms with Gasteiger partial charge >= 0.3 is 0 Å². The Morgan fingerprint density at radius 3 is 2.31 bits per heavy atom. The summed E-state index contributed by atoms with van der Waals surface area (Å²) in [6, 6.07) is 18.6. The minimum Gasteiger partial charge on any atom is -0.490 e. The second-order valence-electron chi connectivity index (χ2n) is 7.06. The predicted octanol–water partition coefficient (Wildman–Crippen LogP) is 4.94. The highest BCUT2D eigenvalue weighted by Crippen LogP contribution is 2.36. The van der Waals surface area contributed by atoms with Crippen LogP contribution in [0.25, 0.3) is 5.57 Å². The van der Waals surface area contributed by atoms with Crippen molar-refractivity contribution in [1.82, 2.24) is 4.90 Å². The largest absolute Gasteiger partial charge is 0.490 e. The Balaban J connectivity index is 1.69. The Morgan fingerprint density at radius 1 is 0.875 bits per heavy atom. The molecule has 0 bridgehead atoms. The van der Waals surface area contributed by atoms with E-state index in [9.17, 15) is 9.59 Å². The third-order valence-electron chi connectivity index (χ3n) is 4.93. The second kappa shape index (κ2) is 9.70. The smallest absolute Gasteiger partial charge is 0.278 e. The highest BCUT2D eigenvalue weighted by atomic mass is 32.1. The van der Waals surface area contributed by atoms with E-state index in [2.05, 4.69) is 5.32 Å². The first-order valence-electron chi connectivity index (χ1n) is 10.5. The number of hydrogen-bond acceptors (Lipinski definition) is 6. The predicted molar refractivity (Wildman–Crippen MR) is 126 cm³/mol. The van der Waals surface area contributed by atoms with E-state index in [1.54, 1.807) is 12.1 Å². The zero-order valence-corrected chi connectivity index (χ0v) is 18.8. The van der Waals surface area contributed by atoms with E-state index in [0.717, 1.165) is 10.4 Å². The Hall–Kier alpha value is -3.58. The Morgan fingerprint density at radius 2 is 1.62 bits per heavy atom. The quantitative estimate of drug-likeness (QED) is 0.470. The Labute approximate surface area is 191 Å². The molecule has 1 N–H and O–H groups in total. The summed E-state index contributed by atoms with van der Waals surface area (Å²) in [5, 5.41) is 5.07. The molecule has 6 nitrogen and oxygen atoms in total. The van der Waals surface area contributed by atoms with Crippen LogP contribution in [-0.4, -0.2) is 29.9 Å². The van der Waals surface area contributed by atoms with Crippen molar-refractivity contribution in [3.05, 3.63) is 82.2 Å². The fourth-order valence-corrected chi connectivity index (χ4v) is 4.29. The number of thiophene rings is 1. The number of hydrogen-bond donors (Lipinski definition) is 1. The number of nitrogens with one attached hydrogen (secondary N) is 1. The van der Waals surface area contributed by atoms with Gasteiger partial charge in [0.05, 0.1) is 25.3 Å². The number of anilines is 1. The average molecular weight is 449 g/mol. The van der Waals surface area contributed by atoms with E-state index in [4.69, 9.17) is 9.47 Å². The normalized spacial score (nSPS) is 13.6. The molecule has 0 radical (unpaired) electrons. The Bertz CT molecular complexity index is 1140. The van der Waals surface area contributed by atoms with E-state index in [0.29, 0.717) is 36.0 Å². The number of rotatable bonds is 9. The third kappa shape index (κ3) is 4.38. The molecule has 2 amide bonds. The molecule has 2 aromatic carbocycles. The average Bonchev–Trinajstić information content (AvgIpc) is 3.40. The van der Waals surface area contributed by atoms with Gasteiger partial charge < -0.3 is 14.8 Å². The molecule has 4 rings (SSSR count). The van der Waals surface area contributed by atoms with E-state index < -0.39 is 0 Å². The van der Waals surface area contributed by atoms with E-state index >= 15 is 0 Å². The molecular formula is C25H24N2O4S. The zero-order chi connectivity index (χ0) is 22.5. The third-order valence-corrected chi connectivity index (χ3v) is 5.82. The minimum atomic E-state index is -0.353. The van der Waals surface area contributed by atoms with Crippen LogP contribution in [0.5, 0.6) is 11.5 Å². The van der Waals surface area contributed by atoms with Crippen LogP contribution in [0.1, 0.15) is 24.3 Å². The van der Waals surface area contributed by atoms with Gasteiger partial charge in [-0.1, -0.05) is 36.4 Å². The van der Waals surface area contributed by atoms with Crippen molar-refractivity contribution < 1.29 is 19.1 Å². The maximum atomic E-state index is 13.3. The SMILES string of the molecule is CCOc1ccc(NC2=C(c3cccs3)C(=O)N(Cc3ccccc3)C2=O)cc1OCC. The van der Waals surface area contributed by atoms with Crippen LogP contribution in [0.15, 0.2) is 71.7 Å². The fourth-order valence-electron chi connectivity index (χ4n) is 3.52. The monoisotopic (exact) mass is 448 g/mol. The van der Waals surface area contributed by atoms with Crippen LogP contribution >= 0.6 is 11.3 Å². The lowest BCUT2D eigenvalue weighted by Crippen LogP contribution is -2.31. The molecule has 1 aromatic heterocycles. The van der Waals surface area contributed by atoms with Crippen LogP contribution in [0.2, 0.25) is 0 Å². The number of amides is 2. The van der Waals surface area contributed by atoms with Gasteiger partial charge in [-0.15, -0.1) is 11.3 Å². The van der Waals surface area contributed by atoms with Gasteiger partial charge in [0.2, 0.25) is 0 Å². The molecule has 0 saturated heterocycles. The summed E-state index contributed by atoms with van der Waals surface area (Å²) in [5.74, 6) is 0.552. The van der Waals surface area contributed by atoms with Crippen LogP contribution in [0, 0.1) is 0 Å². The Kier molecular flexibility index (Phi) is 6.56. The summed E-state index contributed by atoms with van der Waals surface area (Å²) in [5.41, 5.74) is 2.18. The van der Waals surface area contributed by atoms with Gasteiger partial charge in [-0.2, -0.15) is 0 Å². The molecule has 0 fully saturated rings. The lowest BCUT2D eigenvalue weighted by molar-refractivity contribution is -0.137. The highest BCUT2D eigenvalue weighted by molar-refractivity contribution is 7.11. The summed E-state index contributed by atoms with van der Waals surface area (Å²) in [6.07, 6.45) is 0. The van der Waals surface area contributed by atoms with E-state index in [1.807, 2.05) is 67.8 Å². The van der Waals surface area contributed by atoms with Crippen molar-refractivity contribution in [2.75, 3.05) is 18.5 Å². The minimum absolute atomic E-state index is 0.214. The standard InChI is InChI=1S/C25H24N2O4S/c1-3-30-19-13-12-18(15-20(19)31-4-2)26-23-22(21-11-8-14-32-21)24(28)27(25(23)29)16-17-9-6-5-7-10-17/h5-15,26H,3-4,16H2,1-2H3. The molecule has 32 heavy (non-hydrogen) atoms. The van der Waals surface area contributed by atoms with Crippen molar-refractivity contribution in [3.63, 3.8) is 0 Å². The maximum absolute atomic E-state index is 13.3. The second-order valence-corrected chi connectivity index (χ2v) is 8.01. The molecule has 3 aromatic rings. The van der Waals surface area contributed by atoms with Gasteiger partial charge in [0.25, 0.3) is 11.8 Å². The first kappa shape index (κ1) is 21.6. The highest BCUT2D eigenvalue weighted by Gasteiger charge is 2.39. The van der Waals surface area contributed by atoms with Crippen LogP contribution in [0.4, 0.5) is 5.69 Å². The number of nitrogens with zero attached hydrogens (tertiary/aromatic N) is 1. The molecule has 2 heterocycles. The molecule has 0 atom stereocenters. The number of imide groups is 1. The molecule has 164 valence electrons. The van der Waals surface area contributed by atoms with Crippen molar-refractivity contribution in [3.8, 4) is 11.5 Å². The van der Waals surface area contributed by atoms with E-state index in [1.165, 1.54) is 16.2 Å². The molecule has 1 aliphatic rings. The van der Waals surface area contributed by atoms with Gasteiger partial charge in [0.15, 0.2) is 11.5 Å². The lowest BCUT2D eigenvalue weighted by atomic mass is 10.1. The van der Waals surface area contributed by atoms with Crippen LogP contribution in [0.3, 0.4) is 0 Å². The number of carbonyl (C=O) groups is 2. The molecular weight excluding hydrogens is 424 g/mol. The molecule has 7 heteroatoms. The summed E-state index contributed by atoms with van der Waals surface area (Å²) >= 11 is 1.43. The number of carbonyl (C=O) groups excluding carboxylic acids is 2. The van der Waals surface area contributed by atoms with Crippen molar-refractivity contribution >= 4 is 34.4 Å². The summed E-state index contributed by atoms with van der Waals surface area (Å²) in [4.78, 5) is 28.7. The summed E-state index contributed by atoms with van der Waals surface area (Å²) in [7, 11) is 0. The van der Waals surface area contributed by atoms with Gasteiger partial charge in [-0.25, -0.2) is 0 Å². The molecule has 1 aliphatic heterocycles. The lowest BCUT2D eigenvalue weighted by Gasteiger charge is -2.16. The van der Waals surface area contributed by atoms with Crippen molar-refractivity contribution in [2.24, 2.45) is 0 Å². The number of benzene rings is 2. The number of ether oxygens (including phenoxy) is 2. The van der Waals surface area contributed by atoms with Crippen molar-refractivity contribution in [1.29, 1.82) is 0 Å². The van der Waals surface area contributed by atoms with E-state index in [-0.39, 0.29) is 24.1 Å². The maximum Gasteiger partial charge on any atom is 0.278 e. The molecule has 0 aliphatic carbocycles. The fraction of sp³-hybridized carbons (Fsp3) is 0.200. The topological polar surface area (TPSA) is 67.9 Å². The first-order chi connectivity index (χ1) is 15.6. The van der Waals surface area contributed by atoms with Gasteiger partial charge in [0.1, 0.15) is 5.70 Å². The zero-order valence-electron chi connectivity index (χ0n) is 18.0. The molecule has 0 spiro atoms. The van der Waals surface area contributed by atoms with Crippen molar-refractivity contribution in [2.45, 2.75) is 20.4 Å². The van der Waals surface area contributed by atoms with Crippen LogP contribution < -0.4 is 14.8 Å².